The van der Waals surface area contributed by atoms with Crippen LogP contribution in [0.15, 0.2) is 53.2 Å². The second-order valence-electron chi connectivity index (χ2n) is 6.50. The summed E-state index contributed by atoms with van der Waals surface area (Å²) in [5.41, 5.74) is 2.14. The van der Waals surface area contributed by atoms with E-state index in [1.807, 2.05) is 36.5 Å². The molecule has 0 radical (unpaired) electrons. The van der Waals surface area contributed by atoms with E-state index < -0.39 is 0 Å². The van der Waals surface area contributed by atoms with Gasteiger partial charge in [0.15, 0.2) is 5.82 Å². The molecule has 6 nitrogen and oxygen atoms in total. The smallest absolute Gasteiger partial charge is 0.259 e. The van der Waals surface area contributed by atoms with Gasteiger partial charge in [-0.1, -0.05) is 35.5 Å². The first kappa shape index (κ1) is 16.7. The topological polar surface area (TPSA) is 67.1 Å². The van der Waals surface area contributed by atoms with Gasteiger partial charge < -0.3 is 14.7 Å². The number of aromatic nitrogens is 3. The van der Waals surface area contributed by atoms with E-state index in [0.717, 1.165) is 62.6 Å². The molecule has 1 saturated heterocycles. The van der Waals surface area contributed by atoms with Crippen molar-refractivity contribution in [3.05, 3.63) is 60.0 Å². The first-order chi connectivity index (χ1) is 12.9. The first-order valence-corrected chi connectivity index (χ1v) is 9.17. The van der Waals surface area contributed by atoms with Crippen molar-refractivity contribution in [3.63, 3.8) is 0 Å². The van der Waals surface area contributed by atoms with E-state index in [-0.39, 0.29) is 0 Å². The molecule has 1 fully saturated rings. The highest BCUT2D eigenvalue weighted by atomic mass is 16.5. The summed E-state index contributed by atoms with van der Waals surface area (Å²) in [7, 11) is 0. The van der Waals surface area contributed by atoms with Gasteiger partial charge in [0.25, 0.3) is 5.89 Å². The highest BCUT2D eigenvalue weighted by Crippen LogP contribution is 2.20. The van der Waals surface area contributed by atoms with E-state index >= 15 is 0 Å². The summed E-state index contributed by atoms with van der Waals surface area (Å²) in [4.78, 5) is 11.4. The van der Waals surface area contributed by atoms with Gasteiger partial charge in [-0.15, -0.1) is 0 Å². The minimum atomic E-state index is 0.532. The van der Waals surface area contributed by atoms with Gasteiger partial charge in [0.05, 0.1) is 5.56 Å². The Balaban J connectivity index is 1.40. The molecule has 2 aromatic heterocycles. The van der Waals surface area contributed by atoms with E-state index in [2.05, 4.69) is 37.5 Å². The van der Waals surface area contributed by atoms with Gasteiger partial charge >= 0.3 is 0 Å². The largest absolute Gasteiger partial charge is 0.355 e. The molecule has 0 saturated carbocycles. The normalized spacial score (nSPS) is 15.0. The van der Waals surface area contributed by atoms with Gasteiger partial charge in [-0.05, 0) is 37.1 Å². The highest BCUT2D eigenvalue weighted by molar-refractivity contribution is 5.54. The van der Waals surface area contributed by atoms with Crippen LogP contribution in [0.3, 0.4) is 0 Å². The Morgan fingerprint density at radius 2 is 1.92 bits per heavy atom. The predicted octanol–water partition coefficient (Wildman–Crippen LogP) is 2.72. The molecular weight excluding hydrogens is 326 g/mol. The van der Waals surface area contributed by atoms with Crippen LogP contribution >= 0.6 is 0 Å². The van der Waals surface area contributed by atoms with Gasteiger partial charge in [0.1, 0.15) is 5.82 Å². The summed E-state index contributed by atoms with van der Waals surface area (Å²) < 4.78 is 5.42. The lowest BCUT2D eigenvalue weighted by Gasteiger charge is -2.20. The zero-order chi connectivity index (χ0) is 17.6. The van der Waals surface area contributed by atoms with Crippen molar-refractivity contribution in [3.8, 4) is 11.5 Å². The Labute approximate surface area is 153 Å². The molecule has 6 heteroatoms. The van der Waals surface area contributed by atoms with E-state index in [9.17, 15) is 0 Å². The number of anilines is 1. The lowest BCUT2D eigenvalue weighted by Crippen LogP contribution is -2.28. The molecule has 0 unspecified atom stereocenters. The summed E-state index contributed by atoms with van der Waals surface area (Å²) in [5, 5.41) is 7.51. The van der Waals surface area contributed by atoms with Gasteiger partial charge in [-0.25, -0.2) is 4.98 Å². The number of pyridine rings is 1. The summed E-state index contributed by atoms with van der Waals surface area (Å²) >= 11 is 0. The zero-order valence-corrected chi connectivity index (χ0v) is 14.8. The maximum absolute atomic E-state index is 5.42. The third-order valence-electron chi connectivity index (χ3n) is 4.61. The Morgan fingerprint density at radius 1 is 1.00 bits per heavy atom. The molecule has 1 N–H and O–H groups in total. The van der Waals surface area contributed by atoms with E-state index in [0.29, 0.717) is 5.89 Å². The second kappa shape index (κ2) is 8.10. The number of benzene rings is 1. The lowest BCUT2D eigenvalue weighted by atomic mass is 10.1. The van der Waals surface area contributed by atoms with E-state index in [1.54, 1.807) is 0 Å². The molecule has 1 aliphatic rings. The SMILES string of the molecule is c1ccc(CCc2noc(-c3ccc(N4CCCNCC4)nc3)n2)cc1. The van der Waals surface area contributed by atoms with Crippen molar-refractivity contribution < 1.29 is 4.52 Å². The molecular formula is C20H23N5O. The standard InChI is InChI=1S/C20H23N5O/c1-2-5-16(6-3-1)7-9-18-23-20(26-24-18)17-8-10-19(22-15-17)25-13-4-11-21-12-14-25/h1-3,5-6,8,10,15,21H,4,7,9,11-14H2. The van der Waals surface area contributed by atoms with Crippen LogP contribution in [0.5, 0.6) is 0 Å². The Morgan fingerprint density at radius 3 is 2.77 bits per heavy atom. The van der Waals surface area contributed by atoms with Crippen molar-refractivity contribution in [1.29, 1.82) is 0 Å². The fourth-order valence-corrected chi connectivity index (χ4v) is 3.15. The van der Waals surface area contributed by atoms with Crippen LogP contribution in [0.4, 0.5) is 5.82 Å². The number of nitrogens with one attached hydrogen (secondary N) is 1. The summed E-state index contributed by atoms with van der Waals surface area (Å²) in [5.74, 6) is 2.26. The van der Waals surface area contributed by atoms with E-state index in [4.69, 9.17) is 4.52 Å². The van der Waals surface area contributed by atoms with Crippen LogP contribution in [0.1, 0.15) is 17.8 Å². The van der Waals surface area contributed by atoms with Crippen molar-refractivity contribution in [1.82, 2.24) is 20.4 Å². The zero-order valence-electron chi connectivity index (χ0n) is 14.8. The second-order valence-corrected chi connectivity index (χ2v) is 6.50. The molecule has 3 heterocycles. The molecule has 0 amide bonds. The Hall–Kier alpha value is -2.73. The van der Waals surface area contributed by atoms with Crippen LogP contribution in [-0.4, -0.2) is 41.3 Å². The molecule has 26 heavy (non-hydrogen) atoms. The maximum Gasteiger partial charge on any atom is 0.259 e. The molecule has 4 rings (SSSR count). The number of hydrogen-bond donors (Lipinski definition) is 1. The average molecular weight is 349 g/mol. The molecule has 0 spiro atoms. The molecule has 134 valence electrons. The third-order valence-corrected chi connectivity index (χ3v) is 4.61. The fourth-order valence-electron chi connectivity index (χ4n) is 3.15. The Kier molecular flexibility index (Phi) is 5.21. The molecule has 1 aliphatic heterocycles. The fraction of sp³-hybridized carbons (Fsp3) is 0.350. The highest BCUT2D eigenvalue weighted by Gasteiger charge is 2.13. The molecule has 0 bridgehead atoms. The van der Waals surface area contributed by atoms with E-state index in [1.165, 1.54) is 5.56 Å². The van der Waals surface area contributed by atoms with Gasteiger partial charge in [-0.3, -0.25) is 0 Å². The third kappa shape index (κ3) is 4.08. The molecule has 0 aliphatic carbocycles. The Bertz CT molecular complexity index is 808. The van der Waals surface area contributed by atoms with Crippen LogP contribution in [0.25, 0.3) is 11.5 Å². The number of nitrogens with zero attached hydrogens (tertiary/aromatic N) is 4. The van der Waals surface area contributed by atoms with Gasteiger partial charge in [-0.2, -0.15) is 4.98 Å². The first-order valence-electron chi connectivity index (χ1n) is 9.17. The minimum Gasteiger partial charge on any atom is -0.355 e. The van der Waals surface area contributed by atoms with Crippen LogP contribution in [-0.2, 0) is 12.8 Å². The number of hydrogen-bond acceptors (Lipinski definition) is 6. The average Bonchev–Trinajstić information content (AvgIpc) is 3.01. The minimum absolute atomic E-state index is 0.532. The van der Waals surface area contributed by atoms with Crippen molar-refractivity contribution >= 4 is 5.82 Å². The number of aryl methyl sites for hydroxylation is 2. The molecule has 3 aromatic rings. The predicted molar refractivity (Wildman–Crippen MR) is 101 cm³/mol. The van der Waals surface area contributed by atoms with Crippen molar-refractivity contribution in [2.24, 2.45) is 0 Å². The van der Waals surface area contributed by atoms with Gasteiger partial charge in [0.2, 0.25) is 0 Å². The quantitative estimate of drug-likeness (QED) is 0.764. The molecule has 1 aromatic carbocycles. The molecule has 0 atom stereocenters. The summed E-state index contributed by atoms with van der Waals surface area (Å²) in [6, 6.07) is 14.4. The van der Waals surface area contributed by atoms with Crippen molar-refractivity contribution in [2.75, 3.05) is 31.1 Å². The van der Waals surface area contributed by atoms with Crippen LogP contribution < -0.4 is 10.2 Å². The maximum atomic E-state index is 5.42. The van der Waals surface area contributed by atoms with Crippen LogP contribution in [0.2, 0.25) is 0 Å². The monoisotopic (exact) mass is 349 g/mol. The van der Waals surface area contributed by atoms with Gasteiger partial charge in [0, 0.05) is 32.3 Å². The summed E-state index contributed by atoms with van der Waals surface area (Å²) in [6.07, 6.45) is 4.62. The summed E-state index contributed by atoms with van der Waals surface area (Å²) in [6.45, 7) is 4.08. The van der Waals surface area contributed by atoms with Crippen molar-refractivity contribution in [2.45, 2.75) is 19.3 Å². The lowest BCUT2D eigenvalue weighted by molar-refractivity contribution is 0.422. The number of rotatable bonds is 5. The van der Waals surface area contributed by atoms with Crippen LogP contribution in [0, 0.1) is 0 Å².